The summed E-state index contributed by atoms with van der Waals surface area (Å²) in [7, 11) is 3.37. The number of aryl methyl sites for hydroxylation is 3. The van der Waals surface area contributed by atoms with Gasteiger partial charge in [-0.05, 0) is 54.8 Å². The van der Waals surface area contributed by atoms with Crippen LogP contribution in [0, 0.1) is 6.92 Å². The quantitative estimate of drug-likeness (QED) is 0.187. The van der Waals surface area contributed by atoms with E-state index in [9.17, 15) is 19.2 Å². The summed E-state index contributed by atoms with van der Waals surface area (Å²) in [5, 5.41) is 17.3. The minimum Gasteiger partial charge on any atom is -0.475 e. The van der Waals surface area contributed by atoms with Crippen molar-refractivity contribution in [3.05, 3.63) is 77.8 Å². The molecular weight excluding hydrogens is 530 g/mol. The van der Waals surface area contributed by atoms with Crippen molar-refractivity contribution in [1.82, 2.24) is 9.13 Å². The first kappa shape index (κ1) is 28.7. The highest BCUT2D eigenvalue weighted by Crippen LogP contribution is 2.27. The van der Waals surface area contributed by atoms with Gasteiger partial charge in [-0.2, -0.15) is 0 Å². The van der Waals surface area contributed by atoms with Gasteiger partial charge in [0.2, 0.25) is 5.76 Å². The first-order valence-electron chi connectivity index (χ1n) is 12.9. The summed E-state index contributed by atoms with van der Waals surface area (Å²) in [6.45, 7) is 4.13. The molecule has 214 valence electrons. The zero-order valence-electron chi connectivity index (χ0n) is 23.1. The van der Waals surface area contributed by atoms with Gasteiger partial charge in [-0.3, -0.25) is 14.9 Å². The van der Waals surface area contributed by atoms with Gasteiger partial charge in [0.15, 0.2) is 0 Å². The van der Waals surface area contributed by atoms with Crippen molar-refractivity contribution in [2.75, 3.05) is 22.6 Å². The van der Waals surface area contributed by atoms with Crippen LogP contribution in [0.1, 0.15) is 56.9 Å². The third-order valence-electron chi connectivity index (χ3n) is 6.33. The standard InChI is InChI=1S/C29H31N5O7/c1-5-6-9-40-29(39)31-21-13-23(34(4)15-21)26(35)30-20-12-24(33(3)14-20)27(36)32-22-8-7-18(10-17(22)2)19-11-25(28(37)38)41-16-19/h7-8,10-16H,5-6,9H2,1-4H3,(H,30,35)(H,31,39)(H,32,36)(H,37,38). The molecule has 0 atom stereocenters. The third kappa shape index (κ3) is 6.85. The fourth-order valence-corrected chi connectivity index (χ4v) is 4.15. The number of nitrogens with zero attached hydrogens (tertiary/aromatic N) is 2. The molecule has 12 nitrogen and oxygen atoms in total. The lowest BCUT2D eigenvalue weighted by Crippen LogP contribution is -2.16. The van der Waals surface area contributed by atoms with Crippen LogP contribution in [0.5, 0.6) is 0 Å². The van der Waals surface area contributed by atoms with Gasteiger partial charge < -0.3 is 34.0 Å². The number of carbonyl (C=O) groups is 4. The van der Waals surface area contributed by atoms with Crippen molar-refractivity contribution in [3.8, 4) is 11.1 Å². The van der Waals surface area contributed by atoms with Crippen molar-refractivity contribution in [2.45, 2.75) is 26.7 Å². The Labute approximate surface area is 235 Å². The second kappa shape index (κ2) is 12.3. The molecule has 0 bridgehead atoms. The molecule has 0 unspecified atom stereocenters. The predicted molar refractivity (Wildman–Crippen MR) is 152 cm³/mol. The number of carbonyl (C=O) groups excluding carboxylic acids is 3. The maximum Gasteiger partial charge on any atom is 0.411 e. The lowest BCUT2D eigenvalue weighted by atomic mass is 10.0. The number of furan rings is 1. The third-order valence-corrected chi connectivity index (χ3v) is 6.33. The topological polar surface area (TPSA) is 157 Å². The van der Waals surface area contributed by atoms with Gasteiger partial charge in [-0.1, -0.05) is 19.4 Å². The zero-order valence-corrected chi connectivity index (χ0v) is 23.1. The average Bonchev–Trinajstić information content (AvgIpc) is 3.64. The molecule has 0 aliphatic heterocycles. The monoisotopic (exact) mass is 561 g/mol. The van der Waals surface area contributed by atoms with Crippen LogP contribution < -0.4 is 16.0 Å². The number of carboxylic acids is 1. The Hall–Kier alpha value is -5.26. The van der Waals surface area contributed by atoms with Gasteiger partial charge >= 0.3 is 12.1 Å². The van der Waals surface area contributed by atoms with Gasteiger partial charge in [0.05, 0.1) is 24.2 Å². The Morgan fingerprint density at radius 3 is 2.10 bits per heavy atom. The molecule has 4 aromatic rings. The number of unbranched alkanes of at least 4 members (excludes halogenated alkanes) is 1. The normalized spacial score (nSPS) is 10.7. The number of benzene rings is 1. The molecule has 0 saturated heterocycles. The molecule has 0 fully saturated rings. The largest absolute Gasteiger partial charge is 0.475 e. The number of ether oxygens (including phenoxy) is 1. The molecule has 0 aliphatic rings. The van der Waals surface area contributed by atoms with E-state index in [1.165, 1.54) is 18.4 Å². The number of amides is 3. The number of carboxylic acid groups (broad SMARTS) is 1. The Balaban J connectivity index is 1.40. The number of hydrogen-bond donors (Lipinski definition) is 4. The molecule has 4 rings (SSSR count). The highest BCUT2D eigenvalue weighted by Gasteiger charge is 2.18. The fourth-order valence-electron chi connectivity index (χ4n) is 4.15. The van der Waals surface area contributed by atoms with E-state index in [-0.39, 0.29) is 11.7 Å². The van der Waals surface area contributed by atoms with Crippen molar-refractivity contribution in [3.63, 3.8) is 0 Å². The Bertz CT molecular complexity index is 1610. The minimum atomic E-state index is -1.15. The Morgan fingerprint density at radius 1 is 0.878 bits per heavy atom. The summed E-state index contributed by atoms with van der Waals surface area (Å²) in [4.78, 5) is 49.0. The van der Waals surface area contributed by atoms with Crippen molar-refractivity contribution >= 4 is 40.9 Å². The van der Waals surface area contributed by atoms with E-state index < -0.39 is 18.0 Å². The van der Waals surface area contributed by atoms with Crippen molar-refractivity contribution < 1.29 is 33.4 Å². The maximum atomic E-state index is 13.1. The molecule has 0 spiro atoms. The summed E-state index contributed by atoms with van der Waals surface area (Å²) in [6, 6.07) is 9.82. The molecule has 3 amide bonds. The van der Waals surface area contributed by atoms with Gasteiger partial charge in [0, 0.05) is 37.7 Å². The van der Waals surface area contributed by atoms with E-state index in [4.69, 9.17) is 14.3 Å². The van der Waals surface area contributed by atoms with Crippen LogP contribution >= 0.6 is 0 Å². The van der Waals surface area contributed by atoms with Gasteiger partial charge in [0.1, 0.15) is 11.4 Å². The summed E-state index contributed by atoms with van der Waals surface area (Å²) >= 11 is 0. The van der Waals surface area contributed by atoms with Crippen LogP contribution in [0.15, 0.2) is 59.5 Å². The van der Waals surface area contributed by atoms with Crippen LogP contribution in [0.4, 0.5) is 21.9 Å². The van der Waals surface area contributed by atoms with E-state index in [0.29, 0.717) is 40.6 Å². The summed E-state index contributed by atoms with van der Waals surface area (Å²) in [5.41, 5.74) is 4.14. The lowest BCUT2D eigenvalue weighted by molar-refractivity contribution is 0.0662. The number of anilines is 3. The van der Waals surface area contributed by atoms with Gasteiger partial charge in [0.25, 0.3) is 11.8 Å². The van der Waals surface area contributed by atoms with Gasteiger partial charge in [-0.25, -0.2) is 9.59 Å². The molecule has 12 heteroatoms. The van der Waals surface area contributed by atoms with Crippen LogP contribution in [-0.2, 0) is 18.8 Å². The van der Waals surface area contributed by atoms with E-state index >= 15 is 0 Å². The average molecular weight is 562 g/mol. The molecule has 0 radical (unpaired) electrons. The first-order chi connectivity index (χ1) is 19.5. The van der Waals surface area contributed by atoms with E-state index in [0.717, 1.165) is 24.0 Å². The number of aromatic nitrogens is 2. The molecule has 3 heterocycles. The number of rotatable bonds is 10. The highest BCUT2D eigenvalue weighted by atomic mass is 16.5. The number of hydrogen-bond acceptors (Lipinski definition) is 6. The number of nitrogens with one attached hydrogen (secondary N) is 3. The highest BCUT2D eigenvalue weighted by molar-refractivity contribution is 6.07. The molecule has 41 heavy (non-hydrogen) atoms. The lowest BCUT2D eigenvalue weighted by Gasteiger charge is -2.10. The molecule has 0 saturated carbocycles. The first-order valence-corrected chi connectivity index (χ1v) is 12.9. The zero-order chi connectivity index (χ0) is 29.7. The predicted octanol–water partition coefficient (Wildman–Crippen LogP) is 5.48. The number of aromatic carboxylic acids is 1. The van der Waals surface area contributed by atoms with E-state index in [1.54, 1.807) is 53.8 Å². The van der Waals surface area contributed by atoms with E-state index in [1.807, 2.05) is 19.9 Å². The van der Waals surface area contributed by atoms with Crippen LogP contribution in [-0.4, -0.2) is 44.7 Å². The van der Waals surface area contributed by atoms with Gasteiger partial charge in [-0.15, -0.1) is 0 Å². The SMILES string of the molecule is CCCCOC(=O)Nc1cc(C(=O)Nc2cc(C(=O)Nc3ccc(-c4coc(C(=O)O)c4)cc3C)n(C)c2)n(C)c1. The molecule has 4 N–H and O–H groups in total. The summed E-state index contributed by atoms with van der Waals surface area (Å²) in [5.74, 6) is -2.12. The Morgan fingerprint density at radius 2 is 1.51 bits per heavy atom. The fraction of sp³-hybridized carbons (Fsp3) is 0.241. The Kier molecular flexibility index (Phi) is 8.61. The van der Waals surface area contributed by atoms with Crippen LogP contribution in [0.25, 0.3) is 11.1 Å². The smallest absolute Gasteiger partial charge is 0.411 e. The second-order valence-electron chi connectivity index (χ2n) is 9.51. The molecule has 3 aromatic heterocycles. The van der Waals surface area contributed by atoms with Crippen LogP contribution in [0.2, 0.25) is 0 Å². The maximum absolute atomic E-state index is 13.1. The molecular formula is C29H31N5O7. The summed E-state index contributed by atoms with van der Waals surface area (Å²) in [6.07, 6.45) is 5.67. The molecule has 1 aromatic carbocycles. The van der Waals surface area contributed by atoms with Crippen molar-refractivity contribution in [1.29, 1.82) is 0 Å². The van der Waals surface area contributed by atoms with Crippen LogP contribution in [0.3, 0.4) is 0 Å². The summed E-state index contributed by atoms with van der Waals surface area (Å²) < 4.78 is 13.3. The van der Waals surface area contributed by atoms with Crippen molar-refractivity contribution in [2.24, 2.45) is 14.1 Å². The second-order valence-corrected chi connectivity index (χ2v) is 9.51. The van der Waals surface area contributed by atoms with E-state index in [2.05, 4.69) is 16.0 Å². The minimum absolute atomic E-state index is 0.159. The molecule has 0 aliphatic carbocycles.